The highest BCUT2D eigenvalue weighted by atomic mass is 16.6. The van der Waals surface area contributed by atoms with Crippen molar-refractivity contribution in [2.75, 3.05) is 19.8 Å². The fraction of sp³-hybridized carbons (Fsp3) is 0.647. The molecule has 3 atom stereocenters. The second kappa shape index (κ2) is 6.05. The van der Waals surface area contributed by atoms with Crippen LogP contribution in [0.4, 0.5) is 0 Å². The van der Waals surface area contributed by atoms with E-state index in [0.717, 1.165) is 39.1 Å². The van der Waals surface area contributed by atoms with Crippen molar-refractivity contribution < 1.29 is 9.47 Å². The number of benzene rings is 1. The maximum absolute atomic E-state index is 6.05. The molecule has 1 aromatic rings. The molecule has 3 unspecified atom stereocenters. The van der Waals surface area contributed by atoms with Crippen molar-refractivity contribution in [3.8, 4) is 0 Å². The van der Waals surface area contributed by atoms with Gasteiger partial charge in [-0.05, 0) is 43.7 Å². The third-order valence-corrected chi connectivity index (χ3v) is 5.02. The highest BCUT2D eigenvalue weighted by Crippen LogP contribution is 2.41. The Balaban J connectivity index is 1.84. The maximum atomic E-state index is 6.05. The first-order valence-corrected chi connectivity index (χ1v) is 7.88. The molecule has 3 N–H and O–H groups in total. The van der Waals surface area contributed by atoms with Gasteiger partial charge in [-0.2, -0.15) is 0 Å². The summed E-state index contributed by atoms with van der Waals surface area (Å²) in [6.07, 6.45) is 3.08. The van der Waals surface area contributed by atoms with Crippen LogP contribution < -0.4 is 11.3 Å². The van der Waals surface area contributed by atoms with Crippen LogP contribution in [0.5, 0.6) is 0 Å². The minimum absolute atomic E-state index is 0.0737. The summed E-state index contributed by atoms with van der Waals surface area (Å²) >= 11 is 0. The standard InChI is InChI=1S/C17H26N2O2/c1-12-3-4-13(2)15(9-12)16(19-18)14-5-7-21-17(10-14)6-8-20-11-17/h3-4,9,14,16,19H,5-8,10-11,18H2,1-2H3. The predicted molar refractivity (Wildman–Crippen MR) is 82.8 cm³/mol. The van der Waals surface area contributed by atoms with Gasteiger partial charge in [-0.1, -0.05) is 23.8 Å². The van der Waals surface area contributed by atoms with E-state index >= 15 is 0 Å². The van der Waals surface area contributed by atoms with E-state index in [2.05, 4.69) is 37.5 Å². The lowest BCUT2D eigenvalue weighted by Gasteiger charge is -2.40. The van der Waals surface area contributed by atoms with Crippen molar-refractivity contribution in [2.45, 2.75) is 44.8 Å². The van der Waals surface area contributed by atoms with Gasteiger partial charge in [0.1, 0.15) is 0 Å². The molecule has 2 aliphatic rings. The molecule has 0 bridgehead atoms. The predicted octanol–water partition coefficient (Wildman–Crippen LogP) is 2.39. The van der Waals surface area contributed by atoms with Crippen molar-refractivity contribution in [2.24, 2.45) is 11.8 Å². The van der Waals surface area contributed by atoms with Crippen molar-refractivity contribution in [1.29, 1.82) is 0 Å². The molecule has 0 aromatic heterocycles. The smallest absolute Gasteiger partial charge is 0.0940 e. The average molecular weight is 290 g/mol. The Hall–Kier alpha value is -0.940. The van der Waals surface area contributed by atoms with Gasteiger partial charge in [-0.25, -0.2) is 0 Å². The molecule has 4 heteroatoms. The fourth-order valence-corrected chi connectivity index (χ4v) is 3.79. The highest BCUT2D eigenvalue weighted by Gasteiger charge is 2.43. The summed E-state index contributed by atoms with van der Waals surface area (Å²) in [5.41, 5.74) is 6.89. The summed E-state index contributed by atoms with van der Waals surface area (Å²) in [5.74, 6) is 6.41. The van der Waals surface area contributed by atoms with Crippen molar-refractivity contribution in [3.63, 3.8) is 0 Å². The molecule has 0 radical (unpaired) electrons. The zero-order valence-corrected chi connectivity index (χ0v) is 13.0. The van der Waals surface area contributed by atoms with Crippen molar-refractivity contribution in [1.82, 2.24) is 5.43 Å². The van der Waals surface area contributed by atoms with Gasteiger partial charge in [0.2, 0.25) is 0 Å². The minimum Gasteiger partial charge on any atom is -0.378 e. The highest BCUT2D eigenvalue weighted by molar-refractivity contribution is 5.33. The Morgan fingerprint density at radius 2 is 2.19 bits per heavy atom. The molecule has 1 spiro atoms. The van der Waals surface area contributed by atoms with Crippen LogP contribution in [0.25, 0.3) is 0 Å². The molecule has 0 amide bonds. The molecule has 0 aliphatic carbocycles. The maximum Gasteiger partial charge on any atom is 0.0940 e. The number of rotatable bonds is 3. The van der Waals surface area contributed by atoms with E-state index in [9.17, 15) is 0 Å². The molecular formula is C17H26N2O2. The van der Waals surface area contributed by atoms with Crippen LogP contribution in [-0.2, 0) is 9.47 Å². The summed E-state index contributed by atoms with van der Waals surface area (Å²) in [7, 11) is 0. The van der Waals surface area contributed by atoms with Crippen molar-refractivity contribution >= 4 is 0 Å². The lowest BCUT2D eigenvalue weighted by Crippen LogP contribution is -2.45. The van der Waals surface area contributed by atoms with Crippen LogP contribution >= 0.6 is 0 Å². The SMILES string of the molecule is Cc1ccc(C)c(C(NN)C2CCOC3(CCOC3)C2)c1. The molecule has 4 nitrogen and oxygen atoms in total. The van der Waals surface area contributed by atoms with Gasteiger partial charge in [0.25, 0.3) is 0 Å². The molecule has 1 aromatic carbocycles. The average Bonchev–Trinajstić information content (AvgIpc) is 2.91. The molecular weight excluding hydrogens is 264 g/mol. The summed E-state index contributed by atoms with van der Waals surface area (Å²) in [6.45, 7) is 6.64. The number of nitrogens with one attached hydrogen (secondary N) is 1. The van der Waals surface area contributed by atoms with Gasteiger partial charge in [-0.3, -0.25) is 11.3 Å². The molecule has 2 heterocycles. The van der Waals surface area contributed by atoms with Crippen LogP contribution in [0.1, 0.15) is 42.0 Å². The third-order valence-electron chi connectivity index (χ3n) is 5.02. The van der Waals surface area contributed by atoms with Gasteiger partial charge < -0.3 is 9.47 Å². The van der Waals surface area contributed by atoms with Crippen LogP contribution in [0.15, 0.2) is 18.2 Å². The van der Waals surface area contributed by atoms with Crippen LogP contribution in [0, 0.1) is 19.8 Å². The quantitative estimate of drug-likeness (QED) is 0.663. The molecule has 116 valence electrons. The fourth-order valence-electron chi connectivity index (χ4n) is 3.79. The second-order valence-corrected chi connectivity index (χ2v) is 6.59. The Kier molecular flexibility index (Phi) is 4.31. The molecule has 3 rings (SSSR count). The summed E-state index contributed by atoms with van der Waals surface area (Å²) in [4.78, 5) is 0. The van der Waals surface area contributed by atoms with E-state index in [1.54, 1.807) is 0 Å². The monoisotopic (exact) mass is 290 g/mol. The normalized spacial score (nSPS) is 30.7. The van der Waals surface area contributed by atoms with E-state index in [-0.39, 0.29) is 11.6 Å². The minimum atomic E-state index is -0.0737. The van der Waals surface area contributed by atoms with Gasteiger partial charge >= 0.3 is 0 Å². The first-order valence-electron chi connectivity index (χ1n) is 7.88. The largest absolute Gasteiger partial charge is 0.378 e. The van der Waals surface area contributed by atoms with Gasteiger partial charge in [0.05, 0.1) is 12.2 Å². The first kappa shape index (κ1) is 15.0. The lowest BCUT2D eigenvalue weighted by atomic mass is 9.78. The number of aryl methyl sites for hydroxylation is 2. The number of nitrogens with two attached hydrogens (primary N) is 1. The number of hydrazine groups is 1. The first-order chi connectivity index (χ1) is 10.1. The zero-order valence-electron chi connectivity index (χ0n) is 13.0. The number of hydrogen-bond donors (Lipinski definition) is 2. The zero-order chi connectivity index (χ0) is 14.9. The van der Waals surface area contributed by atoms with Crippen LogP contribution in [0.3, 0.4) is 0 Å². The Morgan fingerprint density at radius 1 is 1.33 bits per heavy atom. The third kappa shape index (κ3) is 2.99. The van der Waals surface area contributed by atoms with Gasteiger partial charge in [0, 0.05) is 25.7 Å². The Labute approximate surface area is 127 Å². The van der Waals surface area contributed by atoms with E-state index in [1.165, 1.54) is 16.7 Å². The second-order valence-electron chi connectivity index (χ2n) is 6.59. The van der Waals surface area contributed by atoms with E-state index < -0.39 is 0 Å². The lowest BCUT2D eigenvalue weighted by molar-refractivity contribution is -0.103. The molecule has 0 saturated carbocycles. The molecule has 2 saturated heterocycles. The topological polar surface area (TPSA) is 56.5 Å². The number of hydrogen-bond acceptors (Lipinski definition) is 4. The van der Waals surface area contributed by atoms with Crippen LogP contribution in [0.2, 0.25) is 0 Å². The Bertz CT molecular complexity index is 498. The van der Waals surface area contributed by atoms with Crippen molar-refractivity contribution in [3.05, 3.63) is 34.9 Å². The van der Waals surface area contributed by atoms with Gasteiger partial charge in [-0.15, -0.1) is 0 Å². The number of ether oxygens (including phenoxy) is 2. The van der Waals surface area contributed by atoms with Crippen LogP contribution in [-0.4, -0.2) is 25.4 Å². The summed E-state index contributed by atoms with van der Waals surface area (Å²) in [6, 6.07) is 6.78. The summed E-state index contributed by atoms with van der Waals surface area (Å²) in [5, 5.41) is 0. The molecule has 2 aliphatic heterocycles. The Morgan fingerprint density at radius 3 is 2.90 bits per heavy atom. The summed E-state index contributed by atoms with van der Waals surface area (Å²) < 4.78 is 11.6. The van der Waals surface area contributed by atoms with E-state index in [1.807, 2.05) is 0 Å². The molecule has 2 fully saturated rings. The van der Waals surface area contributed by atoms with E-state index in [4.69, 9.17) is 15.3 Å². The van der Waals surface area contributed by atoms with Gasteiger partial charge in [0.15, 0.2) is 0 Å². The molecule has 21 heavy (non-hydrogen) atoms. The van der Waals surface area contributed by atoms with E-state index in [0.29, 0.717) is 5.92 Å².